The van der Waals surface area contributed by atoms with Crippen molar-refractivity contribution in [2.75, 3.05) is 27.9 Å². The monoisotopic (exact) mass is 351 g/mol. The number of thiocarbonyl (C=S) groups is 1. The number of hydrogen-bond acceptors (Lipinski definition) is 6. The number of methoxy groups -OCH3 is 3. The van der Waals surface area contributed by atoms with Crippen molar-refractivity contribution in [1.29, 1.82) is 0 Å². The molecule has 0 aromatic heterocycles. The summed E-state index contributed by atoms with van der Waals surface area (Å²) in [7, 11) is 4.63. The van der Waals surface area contributed by atoms with Crippen molar-refractivity contribution in [1.82, 2.24) is 4.90 Å². The van der Waals surface area contributed by atoms with Gasteiger partial charge in [-0.25, -0.2) is 0 Å². The summed E-state index contributed by atoms with van der Waals surface area (Å²) in [5, 5.41) is 0. The second-order valence-electron chi connectivity index (χ2n) is 4.50. The van der Waals surface area contributed by atoms with Crippen molar-refractivity contribution in [3.8, 4) is 17.2 Å². The number of carbonyl (C=O) groups is 1. The second kappa shape index (κ2) is 7.52. The first-order valence-corrected chi connectivity index (χ1v) is 7.95. The molecule has 0 N–H and O–H groups in total. The molecule has 1 amide bonds. The van der Waals surface area contributed by atoms with Crippen LogP contribution in [0.3, 0.4) is 0 Å². The molecular formula is C16H17NO4S2. The van der Waals surface area contributed by atoms with Gasteiger partial charge in [-0.2, -0.15) is 0 Å². The van der Waals surface area contributed by atoms with Crippen molar-refractivity contribution in [2.24, 2.45) is 0 Å². The van der Waals surface area contributed by atoms with E-state index in [-0.39, 0.29) is 5.91 Å². The zero-order valence-electron chi connectivity index (χ0n) is 13.1. The molecule has 1 aliphatic rings. The largest absolute Gasteiger partial charge is 0.493 e. The molecule has 0 atom stereocenters. The van der Waals surface area contributed by atoms with Gasteiger partial charge in [-0.3, -0.25) is 9.69 Å². The predicted octanol–water partition coefficient (Wildman–Crippen LogP) is 3.10. The first kappa shape index (κ1) is 17.4. The Hall–Kier alpha value is -1.99. The van der Waals surface area contributed by atoms with Crippen LogP contribution in [-0.4, -0.2) is 43.0 Å². The van der Waals surface area contributed by atoms with Crippen molar-refractivity contribution >= 4 is 40.3 Å². The number of rotatable bonds is 6. The van der Waals surface area contributed by atoms with Gasteiger partial charge < -0.3 is 14.2 Å². The molecule has 7 heteroatoms. The standard InChI is InChI=1S/C16H17NO4S2/c1-5-8-17-15(18)12(23-16(17)22)9-10-6-7-11(19-2)14(21-4)13(10)20-3/h5-7,9H,1,8H2,2-4H3. The highest BCUT2D eigenvalue weighted by Crippen LogP contribution is 2.42. The molecule has 1 fully saturated rings. The number of ether oxygens (including phenoxy) is 3. The second-order valence-corrected chi connectivity index (χ2v) is 6.18. The zero-order chi connectivity index (χ0) is 17.0. The highest BCUT2D eigenvalue weighted by atomic mass is 32.2. The Morgan fingerprint density at radius 2 is 1.91 bits per heavy atom. The SMILES string of the molecule is C=CCN1C(=O)C(=Cc2ccc(OC)c(OC)c2OC)SC1=S. The van der Waals surface area contributed by atoms with Crippen molar-refractivity contribution in [3.63, 3.8) is 0 Å². The van der Waals surface area contributed by atoms with E-state index in [0.717, 1.165) is 0 Å². The fraction of sp³-hybridized carbons (Fsp3) is 0.250. The molecule has 0 radical (unpaired) electrons. The quantitative estimate of drug-likeness (QED) is 0.446. The van der Waals surface area contributed by atoms with Crippen LogP contribution in [0, 0.1) is 0 Å². The molecule has 0 bridgehead atoms. The van der Waals surface area contributed by atoms with E-state index in [1.807, 2.05) is 0 Å². The highest BCUT2D eigenvalue weighted by Gasteiger charge is 2.31. The zero-order valence-corrected chi connectivity index (χ0v) is 14.8. The fourth-order valence-electron chi connectivity index (χ4n) is 2.17. The van der Waals surface area contributed by atoms with Crippen molar-refractivity contribution in [2.45, 2.75) is 0 Å². The third kappa shape index (κ3) is 3.35. The lowest BCUT2D eigenvalue weighted by molar-refractivity contribution is -0.121. The Morgan fingerprint density at radius 1 is 1.22 bits per heavy atom. The van der Waals surface area contributed by atoms with E-state index in [4.69, 9.17) is 26.4 Å². The molecule has 1 aromatic carbocycles. The van der Waals surface area contributed by atoms with Gasteiger partial charge in [0, 0.05) is 12.1 Å². The number of hydrogen-bond donors (Lipinski definition) is 0. The highest BCUT2D eigenvalue weighted by molar-refractivity contribution is 8.26. The third-order valence-electron chi connectivity index (χ3n) is 3.21. The van der Waals surface area contributed by atoms with Crippen LogP contribution in [0.2, 0.25) is 0 Å². The Morgan fingerprint density at radius 3 is 2.48 bits per heavy atom. The van der Waals surface area contributed by atoms with Gasteiger partial charge in [0.2, 0.25) is 5.75 Å². The molecule has 0 spiro atoms. The Bertz CT molecular complexity index is 685. The third-order valence-corrected chi connectivity index (χ3v) is 4.58. The van der Waals surface area contributed by atoms with E-state index < -0.39 is 0 Å². The smallest absolute Gasteiger partial charge is 0.266 e. The van der Waals surface area contributed by atoms with Crippen LogP contribution in [0.4, 0.5) is 0 Å². The molecule has 0 saturated carbocycles. The van der Waals surface area contributed by atoms with Crippen LogP contribution in [0.25, 0.3) is 6.08 Å². The van der Waals surface area contributed by atoms with Crippen LogP contribution in [0.5, 0.6) is 17.2 Å². The predicted molar refractivity (Wildman–Crippen MR) is 96.2 cm³/mol. The molecule has 1 aromatic rings. The maximum Gasteiger partial charge on any atom is 0.266 e. The van der Waals surface area contributed by atoms with Gasteiger partial charge in [-0.1, -0.05) is 30.1 Å². The summed E-state index contributed by atoms with van der Waals surface area (Å²) in [6.07, 6.45) is 3.38. The van der Waals surface area contributed by atoms with E-state index in [1.54, 1.807) is 31.4 Å². The van der Waals surface area contributed by atoms with Crippen LogP contribution in [0.15, 0.2) is 29.7 Å². The number of amides is 1. The van der Waals surface area contributed by atoms with Gasteiger partial charge in [0.15, 0.2) is 11.5 Å². The number of benzene rings is 1. The molecule has 5 nitrogen and oxygen atoms in total. The lowest BCUT2D eigenvalue weighted by atomic mass is 10.1. The minimum atomic E-state index is -0.142. The lowest BCUT2D eigenvalue weighted by Gasteiger charge is -2.14. The number of thioether (sulfide) groups is 1. The van der Waals surface area contributed by atoms with E-state index in [1.165, 1.54) is 30.9 Å². The summed E-state index contributed by atoms with van der Waals surface area (Å²) in [6.45, 7) is 4.03. The summed E-state index contributed by atoms with van der Waals surface area (Å²) in [5.41, 5.74) is 0.712. The molecule has 0 aliphatic carbocycles. The topological polar surface area (TPSA) is 48.0 Å². The Labute approximate surface area is 144 Å². The van der Waals surface area contributed by atoms with E-state index in [9.17, 15) is 4.79 Å². The Balaban J connectivity index is 2.45. The van der Waals surface area contributed by atoms with E-state index in [2.05, 4.69) is 6.58 Å². The van der Waals surface area contributed by atoms with Crippen LogP contribution in [-0.2, 0) is 4.79 Å². The number of nitrogens with zero attached hydrogens (tertiary/aromatic N) is 1. The average molecular weight is 351 g/mol. The number of carbonyl (C=O) groups excluding carboxylic acids is 1. The lowest BCUT2D eigenvalue weighted by Crippen LogP contribution is -2.27. The van der Waals surface area contributed by atoms with E-state index >= 15 is 0 Å². The minimum Gasteiger partial charge on any atom is -0.493 e. The van der Waals surface area contributed by atoms with Crippen LogP contribution >= 0.6 is 24.0 Å². The summed E-state index contributed by atoms with van der Waals surface area (Å²) in [6, 6.07) is 3.57. The van der Waals surface area contributed by atoms with Gasteiger partial charge >= 0.3 is 0 Å². The van der Waals surface area contributed by atoms with Gasteiger partial charge in [-0.05, 0) is 18.2 Å². The van der Waals surface area contributed by atoms with Gasteiger partial charge in [0.05, 0.1) is 26.2 Å². The van der Waals surface area contributed by atoms with Gasteiger partial charge in [0.1, 0.15) is 4.32 Å². The summed E-state index contributed by atoms with van der Waals surface area (Å²) >= 11 is 6.48. The molecule has 122 valence electrons. The molecule has 1 aliphatic heterocycles. The molecule has 23 heavy (non-hydrogen) atoms. The molecular weight excluding hydrogens is 334 g/mol. The first-order chi connectivity index (χ1) is 11.1. The molecule has 1 heterocycles. The van der Waals surface area contributed by atoms with E-state index in [0.29, 0.717) is 38.6 Å². The van der Waals surface area contributed by atoms with Crippen LogP contribution < -0.4 is 14.2 Å². The average Bonchev–Trinajstić information content (AvgIpc) is 2.82. The minimum absolute atomic E-state index is 0.142. The summed E-state index contributed by atoms with van der Waals surface area (Å²) in [5.74, 6) is 1.39. The summed E-state index contributed by atoms with van der Waals surface area (Å²) in [4.78, 5) is 14.4. The van der Waals surface area contributed by atoms with Gasteiger partial charge in [0.25, 0.3) is 5.91 Å². The maximum absolute atomic E-state index is 12.4. The maximum atomic E-state index is 12.4. The van der Waals surface area contributed by atoms with Crippen molar-refractivity contribution in [3.05, 3.63) is 35.3 Å². The first-order valence-electron chi connectivity index (χ1n) is 6.72. The Kier molecular flexibility index (Phi) is 5.68. The molecule has 2 rings (SSSR count). The fourth-order valence-corrected chi connectivity index (χ4v) is 3.43. The normalized spacial score (nSPS) is 16.0. The van der Waals surface area contributed by atoms with Crippen molar-refractivity contribution < 1.29 is 19.0 Å². The van der Waals surface area contributed by atoms with Crippen LogP contribution in [0.1, 0.15) is 5.56 Å². The summed E-state index contributed by atoms with van der Waals surface area (Å²) < 4.78 is 16.5. The van der Waals surface area contributed by atoms with Gasteiger partial charge in [-0.15, -0.1) is 6.58 Å². The molecule has 0 unspecified atom stereocenters. The molecule has 1 saturated heterocycles.